The minimum Gasteiger partial charge on any atom is -0.462 e. The zero-order valence-corrected chi connectivity index (χ0v) is 12.7. The van der Waals surface area contributed by atoms with Gasteiger partial charge >= 0.3 is 5.97 Å². The van der Waals surface area contributed by atoms with E-state index in [0.29, 0.717) is 6.42 Å². The second kappa shape index (κ2) is 12.9. The topological polar surface area (TPSA) is 26.3 Å². The van der Waals surface area contributed by atoms with Crippen LogP contribution in [-0.2, 0) is 9.53 Å². The van der Waals surface area contributed by atoms with Gasteiger partial charge in [0.2, 0.25) is 0 Å². The fraction of sp³-hybridized carbons (Fsp3) is 0.938. The Labute approximate surface area is 113 Å². The lowest BCUT2D eigenvalue weighted by atomic mass is 10.1. The molecule has 0 saturated carbocycles. The van der Waals surface area contributed by atoms with E-state index in [1.165, 1.54) is 25.7 Å². The molecule has 0 rings (SSSR count). The highest BCUT2D eigenvalue weighted by Gasteiger charge is 2.13. The highest BCUT2D eigenvalue weighted by molar-refractivity contribution is 5.69. The maximum Gasteiger partial charge on any atom is 0.306 e. The van der Waals surface area contributed by atoms with Crippen LogP contribution < -0.4 is 0 Å². The summed E-state index contributed by atoms with van der Waals surface area (Å²) in [6, 6.07) is 0. The summed E-state index contributed by atoms with van der Waals surface area (Å²) in [7, 11) is 0. The molecule has 0 spiro atoms. The Kier molecular flexibility index (Phi) is 12.5. The van der Waals surface area contributed by atoms with Crippen LogP contribution in [0, 0.1) is 0 Å². The molecular weight excluding hydrogens is 224 g/mol. The monoisotopic (exact) mass is 256 g/mol. The minimum absolute atomic E-state index is 0.0170. The van der Waals surface area contributed by atoms with E-state index >= 15 is 0 Å². The van der Waals surface area contributed by atoms with Crippen molar-refractivity contribution in [3.05, 3.63) is 0 Å². The van der Waals surface area contributed by atoms with Crippen LogP contribution in [0.2, 0.25) is 0 Å². The molecule has 0 fully saturated rings. The van der Waals surface area contributed by atoms with Gasteiger partial charge in [-0.05, 0) is 19.3 Å². The van der Waals surface area contributed by atoms with Crippen molar-refractivity contribution < 1.29 is 9.53 Å². The zero-order chi connectivity index (χ0) is 13.6. The first-order valence-corrected chi connectivity index (χ1v) is 7.94. The van der Waals surface area contributed by atoms with Gasteiger partial charge in [-0.2, -0.15) is 0 Å². The van der Waals surface area contributed by atoms with Gasteiger partial charge in [-0.15, -0.1) is 0 Å². The molecule has 18 heavy (non-hydrogen) atoms. The van der Waals surface area contributed by atoms with E-state index in [1.807, 2.05) is 0 Å². The molecule has 0 saturated heterocycles. The van der Waals surface area contributed by atoms with Gasteiger partial charge in [0, 0.05) is 6.42 Å². The molecule has 0 aliphatic heterocycles. The summed E-state index contributed by atoms with van der Waals surface area (Å²) in [6.07, 6.45) is 12.1. The summed E-state index contributed by atoms with van der Waals surface area (Å²) in [5.74, 6) is 0.0170. The summed E-state index contributed by atoms with van der Waals surface area (Å²) >= 11 is 0. The number of unbranched alkanes of at least 4 members (excludes halogenated alkanes) is 5. The second-order valence-electron chi connectivity index (χ2n) is 5.21. The van der Waals surface area contributed by atoms with Gasteiger partial charge in [0.15, 0.2) is 0 Å². The first-order valence-electron chi connectivity index (χ1n) is 7.94. The molecule has 0 heterocycles. The fourth-order valence-corrected chi connectivity index (χ4v) is 2.07. The van der Waals surface area contributed by atoms with E-state index in [-0.39, 0.29) is 12.1 Å². The summed E-state index contributed by atoms with van der Waals surface area (Å²) < 4.78 is 5.60. The van der Waals surface area contributed by atoms with Crippen LogP contribution in [0.4, 0.5) is 0 Å². The summed E-state index contributed by atoms with van der Waals surface area (Å²) in [6.45, 7) is 6.55. The molecule has 0 aromatic rings. The molecule has 0 radical (unpaired) electrons. The third-order valence-electron chi connectivity index (χ3n) is 3.29. The molecular formula is C16H32O2. The quantitative estimate of drug-likeness (QED) is 0.352. The predicted molar refractivity (Wildman–Crippen MR) is 77.7 cm³/mol. The van der Waals surface area contributed by atoms with E-state index in [2.05, 4.69) is 20.8 Å². The third-order valence-corrected chi connectivity index (χ3v) is 3.29. The van der Waals surface area contributed by atoms with E-state index in [9.17, 15) is 4.79 Å². The molecule has 0 aliphatic carbocycles. The Morgan fingerprint density at radius 1 is 0.833 bits per heavy atom. The Hall–Kier alpha value is -0.530. The molecule has 0 aromatic heterocycles. The molecule has 0 unspecified atom stereocenters. The van der Waals surface area contributed by atoms with Crippen molar-refractivity contribution in [2.24, 2.45) is 0 Å². The Morgan fingerprint density at radius 3 is 1.89 bits per heavy atom. The molecule has 0 aliphatic rings. The SMILES string of the molecule is CCCCCCC(=O)OC(CCCC)CCCC. The first-order chi connectivity index (χ1) is 8.74. The number of rotatable bonds is 12. The molecule has 0 bridgehead atoms. The maximum absolute atomic E-state index is 11.7. The molecule has 0 N–H and O–H groups in total. The van der Waals surface area contributed by atoms with Crippen LogP contribution in [0.25, 0.3) is 0 Å². The van der Waals surface area contributed by atoms with Gasteiger partial charge in [-0.3, -0.25) is 4.79 Å². The summed E-state index contributed by atoms with van der Waals surface area (Å²) in [4.78, 5) is 11.7. The normalized spacial score (nSPS) is 10.9. The third kappa shape index (κ3) is 10.6. The summed E-state index contributed by atoms with van der Waals surface area (Å²) in [5, 5.41) is 0. The Morgan fingerprint density at radius 2 is 1.39 bits per heavy atom. The molecule has 0 amide bonds. The number of carbonyl (C=O) groups is 1. The van der Waals surface area contributed by atoms with Crippen LogP contribution >= 0.6 is 0 Å². The average molecular weight is 256 g/mol. The number of esters is 1. The lowest BCUT2D eigenvalue weighted by Crippen LogP contribution is -2.18. The summed E-state index contributed by atoms with van der Waals surface area (Å²) in [5.41, 5.74) is 0. The minimum atomic E-state index is 0.0170. The van der Waals surface area contributed by atoms with Crippen LogP contribution in [0.15, 0.2) is 0 Å². The Balaban J connectivity index is 3.78. The molecule has 2 heteroatoms. The number of carbonyl (C=O) groups excluding carboxylic acids is 1. The van der Waals surface area contributed by atoms with E-state index < -0.39 is 0 Å². The van der Waals surface area contributed by atoms with Crippen molar-refractivity contribution in [2.75, 3.05) is 0 Å². The van der Waals surface area contributed by atoms with Crippen molar-refractivity contribution in [1.29, 1.82) is 0 Å². The molecule has 2 nitrogen and oxygen atoms in total. The largest absolute Gasteiger partial charge is 0.462 e. The smallest absolute Gasteiger partial charge is 0.306 e. The van der Waals surface area contributed by atoms with Crippen molar-refractivity contribution in [1.82, 2.24) is 0 Å². The van der Waals surface area contributed by atoms with Gasteiger partial charge in [-0.25, -0.2) is 0 Å². The second-order valence-corrected chi connectivity index (χ2v) is 5.21. The first kappa shape index (κ1) is 17.5. The van der Waals surface area contributed by atoms with Crippen molar-refractivity contribution in [3.63, 3.8) is 0 Å². The van der Waals surface area contributed by atoms with Crippen LogP contribution in [0.1, 0.15) is 91.4 Å². The van der Waals surface area contributed by atoms with Crippen molar-refractivity contribution in [3.8, 4) is 0 Å². The van der Waals surface area contributed by atoms with Crippen molar-refractivity contribution >= 4 is 5.97 Å². The van der Waals surface area contributed by atoms with Crippen molar-refractivity contribution in [2.45, 2.75) is 97.5 Å². The van der Waals surface area contributed by atoms with Gasteiger partial charge < -0.3 is 4.74 Å². The highest BCUT2D eigenvalue weighted by Crippen LogP contribution is 2.14. The highest BCUT2D eigenvalue weighted by atomic mass is 16.5. The van der Waals surface area contributed by atoms with Crippen LogP contribution in [0.5, 0.6) is 0 Å². The van der Waals surface area contributed by atoms with Gasteiger partial charge in [0.1, 0.15) is 6.10 Å². The lowest BCUT2D eigenvalue weighted by Gasteiger charge is -2.17. The zero-order valence-electron chi connectivity index (χ0n) is 12.7. The number of ether oxygens (including phenoxy) is 1. The maximum atomic E-state index is 11.7. The number of hydrogen-bond donors (Lipinski definition) is 0. The molecule has 0 aromatic carbocycles. The molecule has 108 valence electrons. The van der Waals surface area contributed by atoms with E-state index in [1.54, 1.807) is 0 Å². The molecule has 0 atom stereocenters. The average Bonchev–Trinajstić information content (AvgIpc) is 2.38. The number of hydrogen-bond acceptors (Lipinski definition) is 2. The van der Waals surface area contributed by atoms with Gasteiger partial charge in [-0.1, -0.05) is 65.7 Å². The van der Waals surface area contributed by atoms with E-state index in [0.717, 1.165) is 38.5 Å². The Bertz CT molecular complexity index is 182. The predicted octanol–water partition coefficient (Wildman–Crippen LogP) is 5.25. The fourth-order valence-electron chi connectivity index (χ4n) is 2.07. The van der Waals surface area contributed by atoms with Crippen LogP contribution in [-0.4, -0.2) is 12.1 Å². The van der Waals surface area contributed by atoms with Gasteiger partial charge in [0.05, 0.1) is 0 Å². The van der Waals surface area contributed by atoms with Gasteiger partial charge in [0.25, 0.3) is 0 Å². The van der Waals surface area contributed by atoms with E-state index in [4.69, 9.17) is 4.74 Å². The van der Waals surface area contributed by atoms with Crippen LogP contribution in [0.3, 0.4) is 0 Å². The standard InChI is InChI=1S/C16H32O2/c1-4-7-10-11-14-16(17)18-15(12-8-5-2)13-9-6-3/h15H,4-14H2,1-3H3. The lowest BCUT2D eigenvalue weighted by molar-refractivity contribution is -0.150.